The maximum atomic E-state index is 12.9. The highest BCUT2D eigenvalue weighted by Gasteiger charge is 2.30. The van der Waals surface area contributed by atoms with Crippen LogP contribution in [0.1, 0.15) is 22.3 Å². The normalized spacial score (nSPS) is 11.7. The van der Waals surface area contributed by atoms with Crippen LogP contribution >= 0.6 is 9.24 Å². The highest BCUT2D eigenvalue weighted by atomic mass is 31.0. The molecular weight excluding hydrogens is 352 g/mol. The van der Waals surface area contributed by atoms with Crippen LogP contribution in [0.5, 0.6) is 0 Å². The van der Waals surface area contributed by atoms with Gasteiger partial charge in [0.15, 0.2) is 0 Å². The number of benzene rings is 3. The van der Waals surface area contributed by atoms with Gasteiger partial charge in [-0.2, -0.15) is 13.2 Å². The average Bonchev–Trinajstić information content (AvgIpc) is 2.56. The van der Waals surface area contributed by atoms with E-state index >= 15 is 0 Å². The van der Waals surface area contributed by atoms with Crippen LogP contribution in [0.3, 0.4) is 0 Å². The van der Waals surface area contributed by atoms with Crippen molar-refractivity contribution in [1.29, 1.82) is 0 Å². The van der Waals surface area contributed by atoms with E-state index in [9.17, 15) is 13.2 Å². The quantitative estimate of drug-likeness (QED) is 0.453. The summed E-state index contributed by atoms with van der Waals surface area (Å²) in [5.41, 5.74) is 6.73. The Morgan fingerprint density at radius 3 is 1.92 bits per heavy atom. The Morgan fingerprint density at radius 2 is 1.35 bits per heavy atom. The molecule has 4 heteroatoms. The van der Waals surface area contributed by atoms with Crippen LogP contribution in [0.2, 0.25) is 0 Å². The fraction of sp³-hybridized carbons (Fsp3) is 0.182. The molecule has 26 heavy (non-hydrogen) atoms. The fourth-order valence-corrected chi connectivity index (χ4v) is 3.95. The molecule has 0 spiro atoms. The molecule has 0 heterocycles. The molecule has 0 amide bonds. The van der Waals surface area contributed by atoms with Crippen LogP contribution in [0.25, 0.3) is 22.3 Å². The minimum Gasteiger partial charge on any atom is -0.166 e. The predicted octanol–water partition coefficient (Wildman–Crippen LogP) is 6.47. The van der Waals surface area contributed by atoms with Crippen molar-refractivity contribution in [1.82, 2.24) is 0 Å². The van der Waals surface area contributed by atoms with Crippen molar-refractivity contribution in [3.05, 3.63) is 76.9 Å². The Balaban J connectivity index is 2.20. The van der Waals surface area contributed by atoms with Crippen molar-refractivity contribution < 1.29 is 13.2 Å². The zero-order chi connectivity index (χ0) is 19.1. The van der Waals surface area contributed by atoms with Gasteiger partial charge in [-0.1, -0.05) is 42.5 Å². The third-order valence-corrected chi connectivity index (χ3v) is 5.21. The van der Waals surface area contributed by atoms with Crippen molar-refractivity contribution >= 4 is 14.5 Å². The maximum absolute atomic E-state index is 12.9. The second-order valence-electron chi connectivity index (χ2n) is 6.55. The molecule has 0 aliphatic carbocycles. The first-order valence-corrected chi connectivity index (χ1v) is 8.91. The molecule has 0 fully saturated rings. The molecule has 1 unspecified atom stereocenters. The third kappa shape index (κ3) is 3.41. The molecule has 0 N–H and O–H groups in total. The van der Waals surface area contributed by atoms with E-state index < -0.39 is 11.7 Å². The molecule has 0 nitrogen and oxygen atoms in total. The van der Waals surface area contributed by atoms with E-state index in [1.165, 1.54) is 0 Å². The van der Waals surface area contributed by atoms with Gasteiger partial charge >= 0.3 is 6.18 Å². The van der Waals surface area contributed by atoms with Crippen molar-refractivity contribution in [2.75, 3.05) is 0 Å². The topological polar surface area (TPSA) is 0 Å². The molecule has 134 valence electrons. The van der Waals surface area contributed by atoms with Crippen LogP contribution in [0.4, 0.5) is 13.2 Å². The van der Waals surface area contributed by atoms with Crippen molar-refractivity contribution in [2.24, 2.45) is 0 Å². The van der Waals surface area contributed by atoms with Crippen molar-refractivity contribution in [3.63, 3.8) is 0 Å². The van der Waals surface area contributed by atoms with Gasteiger partial charge in [0.2, 0.25) is 0 Å². The zero-order valence-corrected chi connectivity index (χ0v) is 16.1. The summed E-state index contributed by atoms with van der Waals surface area (Å²) in [6.45, 7) is 6.12. The van der Waals surface area contributed by atoms with Crippen LogP contribution in [0, 0.1) is 20.8 Å². The standard InChI is InChI=1S/C22H20F3P/c1-13-12-14(2)21(18-6-4-5-7-19(18)26)15(3)20(13)16-8-10-17(11-9-16)22(23,24)25/h4-12H,26H2,1-3H3. The Bertz CT molecular complexity index is 954. The van der Waals surface area contributed by atoms with E-state index in [4.69, 9.17) is 0 Å². The largest absolute Gasteiger partial charge is 0.416 e. The molecule has 0 bridgehead atoms. The monoisotopic (exact) mass is 372 g/mol. The molecule has 0 aromatic heterocycles. The fourth-order valence-electron chi connectivity index (χ4n) is 3.59. The first-order valence-electron chi connectivity index (χ1n) is 8.33. The molecular formula is C22H20F3P. The van der Waals surface area contributed by atoms with E-state index in [0.717, 1.165) is 56.4 Å². The number of halogens is 3. The van der Waals surface area contributed by atoms with Crippen LogP contribution in [-0.2, 0) is 6.18 Å². The first-order chi connectivity index (χ1) is 12.2. The summed E-state index contributed by atoms with van der Waals surface area (Å²) in [7, 11) is 2.76. The summed E-state index contributed by atoms with van der Waals surface area (Å²) >= 11 is 0. The summed E-state index contributed by atoms with van der Waals surface area (Å²) in [5.74, 6) is 0. The van der Waals surface area contributed by atoms with Gasteiger partial charge in [0, 0.05) is 0 Å². The minimum atomic E-state index is -4.32. The smallest absolute Gasteiger partial charge is 0.166 e. The van der Waals surface area contributed by atoms with E-state index in [0.29, 0.717) is 0 Å². The molecule has 3 aromatic rings. The Kier molecular flexibility index (Phi) is 4.94. The predicted molar refractivity (Wildman–Crippen MR) is 106 cm³/mol. The second-order valence-corrected chi connectivity index (χ2v) is 7.17. The molecule has 0 radical (unpaired) electrons. The van der Waals surface area contributed by atoms with Gasteiger partial charge in [-0.25, -0.2) is 0 Å². The summed E-state index contributed by atoms with van der Waals surface area (Å²) < 4.78 is 38.6. The molecule has 0 aliphatic rings. The van der Waals surface area contributed by atoms with E-state index in [2.05, 4.69) is 28.3 Å². The van der Waals surface area contributed by atoms with E-state index in [1.807, 2.05) is 32.0 Å². The van der Waals surface area contributed by atoms with Crippen molar-refractivity contribution in [3.8, 4) is 22.3 Å². The summed E-state index contributed by atoms with van der Waals surface area (Å²) in [4.78, 5) is 0. The zero-order valence-electron chi connectivity index (χ0n) is 14.9. The lowest BCUT2D eigenvalue weighted by molar-refractivity contribution is -0.137. The molecule has 3 aromatic carbocycles. The number of alkyl halides is 3. The summed E-state index contributed by atoms with van der Waals surface area (Å²) in [6.07, 6.45) is -4.32. The molecule has 3 rings (SSSR count). The SMILES string of the molecule is Cc1cc(C)c(-c2ccccc2P)c(C)c1-c1ccc(C(F)(F)F)cc1. The second kappa shape index (κ2) is 6.89. The van der Waals surface area contributed by atoms with E-state index in [-0.39, 0.29) is 0 Å². The van der Waals surface area contributed by atoms with Crippen molar-refractivity contribution in [2.45, 2.75) is 26.9 Å². The van der Waals surface area contributed by atoms with Gasteiger partial charge in [0.1, 0.15) is 0 Å². The van der Waals surface area contributed by atoms with Gasteiger partial charge in [-0.3, -0.25) is 0 Å². The number of aryl methyl sites for hydroxylation is 2. The summed E-state index contributed by atoms with van der Waals surface area (Å²) in [6, 6.07) is 15.6. The highest BCUT2D eigenvalue weighted by molar-refractivity contribution is 7.28. The molecule has 1 atom stereocenters. The Labute approximate surface area is 154 Å². The van der Waals surface area contributed by atoms with Crippen LogP contribution < -0.4 is 5.30 Å². The van der Waals surface area contributed by atoms with Gasteiger partial charge in [0.25, 0.3) is 0 Å². The highest BCUT2D eigenvalue weighted by Crippen LogP contribution is 2.38. The molecule has 0 saturated heterocycles. The van der Waals surface area contributed by atoms with Crippen LogP contribution in [-0.4, -0.2) is 0 Å². The van der Waals surface area contributed by atoms with Gasteiger partial charge in [-0.05, 0) is 77.2 Å². The van der Waals surface area contributed by atoms with Gasteiger partial charge in [0.05, 0.1) is 5.56 Å². The van der Waals surface area contributed by atoms with Gasteiger partial charge < -0.3 is 0 Å². The Morgan fingerprint density at radius 1 is 0.769 bits per heavy atom. The summed E-state index contributed by atoms with van der Waals surface area (Å²) in [5, 5.41) is 1.10. The number of rotatable bonds is 2. The number of hydrogen-bond donors (Lipinski definition) is 0. The minimum absolute atomic E-state index is 0.626. The van der Waals surface area contributed by atoms with Gasteiger partial charge in [-0.15, -0.1) is 9.24 Å². The molecule has 0 saturated carbocycles. The maximum Gasteiger partial charge on any atom is 0.416 e. The number of hydrogen-bond acceptors (Lipinski definition) is 0. The first kappa shape index (κ1) is 18.7. The average molecular weight is 372 g/mol. The van der Waals surface area contributed by atoms with Crippen LogP contribution in [0.15, 0.2) is 54.6 Å². The lowest BCUT2D eigenvalue weighted by Crippen LogP contribution is -2.05. The lowest BCUT2D eigenvalue weighted by Gasteiger charge is -2.19. The lowest BCUT2D eigenvalue weighted by atomic mass is 9.86. The van der Waals surface area contributed by atoms with E-state index in [1.54, 1.807) is 12.1 Å². The Hall–Kier alpha value is -2.12. The third-order valence-electron chi connectivity index (χ3n) is 4.70. The molecule has 0 aliphatic heterocycles.